The van der Waals surface area contributed by atoms with Crippen LogP contribution in [0.3, 0.4) is 0 Å². The highest BCUT2D eigenvalue weighted by Gasteiger charge is 2.22. The third-order valence-electron chi connectivity index (χ3n) is 2.63. The van der Waals surface area contributed by atoms with E-state index in [0.29, 0.717) is 19.3 Å². The topological polar surface area (TPSA) is 34.9 Å². The van der Waals surface area contributed by atoms with E-state index in [2.05, 4.69) is 21.0 Å². The van der Waals surface area contributed by atoms with Crippen molar-refractivity contribution in [3.8, 4) is 0 Å². The maximum atomic E-state index is 13.1. The number of hydrogen-bond donors (Lipinski definition) is 0. The van der Waals surface area contributed by atoms with E-state index in [4.69, 9.17) is 0 Å². The second-order valence-electron chi connectivity index (χ2n) is 4.33. The molecule has 1 heterocycles. The lowest BCUT2D eigenvalue weighted by molar-refractivity contribution is 0.102. The van der Waals surface area contributed by atoms with Crippen molar-refractivity contribution in [3.63, 3.8) is 0 Å². The van der Waals surface area contributed by atoms with E-state index in [0.717, 1.165) is 0 Å². The van der Waals surface area contributed by atoms with Crippen LogP contribution < -0.4 is 0 Å². The van der Waals surface area contributed by atoms with Crippen molar-refractivity contribution in [1.82, 2.24) is 9.78 Å². The van der Waals surface area contributed by atoms with Crippen molar-refractivity contribution in [3.05, 3.63) is 49.5 Å². The average molecular weight is 437 g/mol. The van der Waals surface area contributed by atoms with Crippen LogP contribution in [0.5, 0.6) is 0 Å². The number of nitrogens with zero attached hydrogens (tertiary/aromatic N) is 2. The Bertz CT molecular complexity index is 640. The van der Waals surface area contributed by atoms with Crippen LogP contribution in [0.15, 0.2) is 28.9 Å². The van der Waals surface area contributed by atoms with E-state index in [1.807, 2.05) is 36.4 Å². The summed E-state index contributed by atoms with van der Waals surface area (Å²) in [5.74, 6) is -0.514. The van der Waals surface area contributed by atoms with Crippen molar-refractivity contribution in [2.24, 2.45) is 0 Å². The van der Waals surface area contributed by atoms with Gasteiger partial charge in [0.05, 0.1) is 10.7 Å². The zero-order valence-electron chi connectivity index (χ0n) is 10.3. The van der Waals surface area contributed by atoms with Crippen LogP contribution in [0.4, 0.5) is 4.39 Å². The molecule has 3 nitrogen and oxygen atoms in total. The molecule has 0 unspecified atom stereocenters. The first-order chi connectivity index (χ1) is 8.91. The molecule has 0 amide bonds. The molecule has 0 fully saturated rings. The van der Waals surface area contributed by atoms with Crippen LogP contribution in [0, 0.1) is 9.39 Å². The number of aromatic nitrogens is 2. The highest BCUT2D eigenvalue weighted by molar-refractivity contribution is 14.1. The van der Waals surface area contributed by atoms with Crippen LogP contribution >= 0.6 is 38.5 Å². The van der Waals surface area contributed by atoms with Gasteiger partial charge in [-0.25, -0.2) is 4.39 Å². The number of carbonyl (C=O) groups is 1. The van der Waals surface area contributed by atoms with Crippen LogP contribution in [0.1, 0.15) is 35.9 Å². The summed E-state index contributed by atoms with van der Waals surface area (Å²) in [6.07, 6.45) is 1.60. The molecule has 0 N–H and O–H groups in total. The minimum Gasteiger partial charge on any atom is -0.287 e. The smallest absolute Gasteiger partial charge is 0.213 e. The lowest BCUT2D eigenvalue weighted by Gasteiger charge is -2.11. The maximum Gasteiger partial charge on any atom is 0.213 e. The molecule has 2 rings (SSSR count). The molecule has 0 spiro atoms. The molecule has 0 saturated carbocycles. The van der Waals surface area contributed by atoms with Gasteiger partial charge in [0.25, 0.3) is 0 Å². The number of ketones is 1. The Hall–Kier alpha value is -0.760. The number of carbonyl (C=O) groups excluding carboxylic acids is 1. The Kier molecular flexibility index (Phi) is 4.39. The van der Waals surface area contributed by atoms with E-state index < -0.39 is 0 Å². The van der Waals surface area contributed by atoms with Crippen molar-refractivity contribution in [1.29, 1.82) is 0 Å². The fourth-order valence-electron chi connectivity index (χ4n) is 1.75. The van der Waals surface area contributed by atoms with Crippen LogP contribution in [0.25, 0.3) is 0 Å². The maximum absolute atomic E-state index is 13.1. The van der Waals surface area contributed by atoms with Crippen molar-refractivity contribution in [2.45, 2.75) is 19.9 Å². The first kappa shape index (κ1) is 14.6. The molecule has 0 atom stereocenters. The number of rotatable bonds is 3. The molecule has 0 aliphatic rings. The van der Waals surface area contributed by atoms with Gasteiger partial charge < -0.3 is 0 Å². The van der Waals surface area contributed by atoms with Gasteiger partial charge in [-0.05, 0) is 70.6 Å². The summed E-state index contributed by atoms with van der Waals surface area (Å²) in [6, 6.07) is 4.21. The largest absolute Gasteiger partial charge is 0.287 e. The SMILES string of the molecule is CC(C)n1ncc(Br)c1C(=O)c1ccc(F)cc1I. The third-order valence-corrected chi connectivity index (χ3v) is 4.10. The van der Waals surface area contributed by atoms with E-state index in [1.54, 1.807) is 10.9 Å². The zero-order valence-corrected chi connectivity index (χ0v) is 14.1. The van der Waals surface area contributed by atoms with Gasteiger partial charge in [-0.15, -0.1) is 0 Å². The Morgan fingerprint density at radius 3 is 2.74 bits per heavy atom. The molecule has 2 aromatic rings. The van der Waals surface area contributed by atoms with Crippen LogP contribution in [-0.4, -0.2) is 15.6 Å². The number of benzene rings is 1. The molecule has 0 aliphatic carbocycles. The second kappa shape index (κ2) is 5.70. The first-order valence-electron chi connectivity index (χ1n) is 5.64. The fraction of sp³-hybridized carbons (Fsp3) is 0.231. The number of hydrogen-bond acceptors (Lipinski definition) is 2. The quantitative estimate of drug-likeness (QED) is 0.533. The van der Waals surface area contributed by atoms with Gasteiger partial charge in [-0.2, -0.15) is 5.10 Å². The summed E-state index contributed by atoms with van der Waals surface area (Å²) >= 11 is 5.30. The van der Waals surface area contributed by atoms with Crippen molar-refractivity contribution < 1.29 is 9.18 Å². The molecule has 0 bridgehead atoms. The Morgan fingerprint density at radius 2 is 2.16 bits per heavy atom. The first-order valence-corrected chi connectivity index (χ1v) is 7.51. The average Bonchev–Trinajstić information content (AvgIpc) is 2.70. The molecule has 0 radical (unpaired) electrons. The Morgan fingerprint density at radius 1 is 1.47 bits per heavy atom. The summed E-state index contributed by atoms with van der Waals surface area (Å²) < 4.78 is 16.0. The molecule has 100 valence electrons. The highest BCUT2D eigenvalue weighted by atomic mass is 127. The predicted molar refractivity (Wildman–Crippen MR) is 82.9 cm³/mol. The molecule has 1 aromatic heterocycles. The monoisotopic (exact) mass is 436 g/mol. The standard InChI is InChI=1S/C13H11BrFIN2O/c1-7(2)18-12(10(14)6-17-18)13(19)9-4-3-8(15)5-11(9)16/h3-7H,1-2H3. The summed E-state index contributed by atoms with van der Waals surface area (Å²) in [7, 11) is 0. The van der Waals surface area contributed by atoms with Gasteiger partial charge >= 0.3 is 0 Å². The summed E-state index contributed by atoms with van der Waals surface area (Å²) in [5, 5.41) is 4.18. The molecular formula is C13H11BrFIN2O. The van der Waals surface area contributed by atoms with E-state index in [9.17, 15) is 9.18 Å². The summed E-state index contributed by atoms with van der Waals surface area (Å²) in [4.78, 5) is 12.6. The van der Waals surface area contributed by atoms with E-state index in [1.165, 1.54) is 18.2 Å². The van der Waals surface area contributed by atoms with E-state index >= 15 is 0 Å². The Labute approximate surface area is 132 Å². The van der Waals surface area contributed by atoms with Crippen LogP contribution in [0.2, 0.25) is 0 Å². The molecule has 1 aromatic carbocycles. The highest BCUT2D eigenvalue weighted by Crippen LogP contribution is 2.25. The summed E-state index contributed by atoms with van der Waals surface area (Å²) in [6.45, 7) is 3.90. The summed E-state index contributed by atoms with van der Waals surface area (Å²) in [5.41, 5.74) is 0.963. The van der Waals surface area contributed by atoms with Gasteiger partial charge in [0.1, 0.15) is 11.5 Å². The van der Waals surface area contributed by atoms with Crippen LogP contribution in [-0.2, 0) is 0 Å². The van der Waals surface area contributed by atoms with Gasteiger partial charge in [-0.1, -0.05) is 0 Å². The molecular weight excluding hydrogens is 426 g/mol. The van der Waals surface area contributed by atoms with Gasteiger partial charge in [0, 0.05) is 15.2 Å². The normalized spacial score (nSPS) is 11.1. The van der Waals surface area contributed by atoms with Gasteiger partial charge in [0.2, 0.25) is 5.78 Å². The lowest BCUT2D eigenvalue weighted by Crippen LogP contribution is -2.15. The zero-order chi connectivity index (χ0) is 14.2. The van der Waals surface area contributed by atoms with Crippen molar-refractivity contribution in [2.75, 3.05) is 0 Å². The molecule has 19 heavy (non-hydrogen) atoms. The Balaban J connectivity index is 2.53. The lowest BCUT2D eigenvalue weighted by atomic mass is 10.1. The molecule has 0 saturated heterocycles. The minimum atomic E-state index is -0.350. The van der Waals surface area contributed by atoms with E-state index in [-0.39, 0.29) is 17.6 Å². The van der Waals surface area contributed by atoms with Gasteiger partial charge in [0.15, 0.2) is 0 Å². The minimum absolute atomic E-state index is 0.0726. The second-order valence-corrected chi connectivity index (χ2v) is 6.35. The molecule has 6 heteroatoms. The van der Waals surface area contributed by atoms with Crippen molar-refractivity contribution >= 4 is 44.3 Å². The third kappa shape index (κ3) is 2.89. The fourth-order valence-corrected chi connectivity index (χ4v) is 2.92. The number of halogens is 3. The predicted octanol–water partition coefficient (Wildman–Crippen LogP) is 4.20. The van der Waals surface area contributed by atoms with Gasteiger partial charge in [-0.3, -0.25) is 9.48 Å². The molecule has 0 aliphatic heterocycles.